The first-order chi connectivity index (χ1) is 8.62. The van der Waals surface area contributed by atoms with Crippen LogP contribution in [0.5, 0.6) is 0 Å². The molecule has 0 fully saturated rings. The van der Waals surface area contributed by atoms with Gasteiger partial charge < -0.3 is 10.4 Å². The van der Waals surface area contributed by atoms with Crippen molar-refractivity contribution < 1.29 is 14.7 Å². The lowest BCUT2D eigenvalue weighted by atomic mass is 9.80. The summed E-state index contributed by atoms with van der Waals surface area (Å²) in [4.78, 5) is 23.0. The zero-order chi connectivity index (χ0) is 14.8. The van der Waals surface area contributed by atoms with E-state index in [-0.39, 0.29) is 22.8 Å². The molecule has 19 heavy (non-hydrogen) atoms. The Hall–Kier alpha value is -1.43. The summed E-state index contributed by atoms with van der Waals surface area (Å²) in [5.41, 5.74) is 0.551. The molecule has 1 aromatic rings. The van der Waals surface area contributed by atoms with Crippen molar-refractivity contribution in [3.8, 4) is 0 Å². The van der Waals surface area contributed by atoms with Gasteiger partial charge in [-0.15, -0.1) is 0 Å². The highest BCUT2D eigenvalue weighted by atomic mass is 32.1. The molecule has 0 saturated heterocycles. The van der Waals surface area contributed by atoms with E-state index < -0.39 is 5.97 Å². The standard InChI is InChI=1S/C13H20N2O3S/c1-7(13(3,4)5)6-9(16)14-11-10(12(17)18)8(2)15-19-11/h7H,6H2,1-5H3,(H,14,16)(H,17,18). The van der Waals surface area contributed by atoms with E-state index in [0.717, 1.165) is 11.5 Å². The Bertz CT molecular complexity index is 489. The van der Waals surface area contributed by atoms with Crippen LogP contribution < -0.4 is 5.32 Å². The zero-order valence-electron chi connectivity index (χ0n) is 11.9. The van der Waals surface area contributed by atoms with Gasteiger partial charge in [0.15, 0.2) is 0 Å². The van der Waals surface area contributed by atoms with E-state index in [1.165, 1.54) is 0 Å². The van der Waals surface area contributed by atoms with E-state index in [1.54, 1.807) is 6.92 Å². The summed E-state index contributed by atoms with van der Waals surface area (Å²) in [7, 11) is 0. The van der Waals surface area contributed by atoms with Crippen molar-refractivity contribution >= 4 is 28.4 Å². The average Bonchev–Trinajstić information content (AvgIpc) is 2.57. The molecule has 0 bridgehead atoms. The largest absolute Gasteiger partial charge is 0.478 e. The van der Waals surface area contributed by atoms with E-state index in [4.69, 9.17) is 5.11 Å². The highest BCUT2D eigenvalue weighted by Crippen LogP contribution is 2.29. The molecule has 6 heteroatoms. The van der Waals surface area contributed by atoms with Gasteiger partial charge in [0.1, 0.15) is 10.6 Å². The van der Waals surface area contributed by atoms with Crippen LogP contribution in [-0.4, -0.2) is 21.4 Å². The molecule has 1 atom stereocenters. The Morgan fingerprint density at radius 3 is 2.47 bits per heavy atom. The summed E-state index contributed by atoms with van der Waals surface area (Å²) >= 11 is 1.00. The number of carboxylic acid groups (broad SMARTS) is 1. The van der Waals surface area contributed by atoms with Crippen LogP contribution in [0.4, 0.5) is 5.00 Å². The third kappa shape index (κ3) is 4.02. The molecule has 0 saturated carbocycles. The third-order valence-electron chi connectivity index (χ3n) is 3.30. The minimum atomic E-state index is -1.06. The van der Waals surface area contributed by atoms with Crippen molar-refractivity contribution in [2.45, 2.75) is 41.0 Å². The molecule has 0 aromatic carbocycles. The molecule has 0 spiro atoms. The van der Waals surface area contributed by atoms with E-state index in [2.05, 4.69) is 30.5 Å². The van der Waals surface area contributed by atoms with Gasteiger partial charge in [0.2, 0.25) is 5.91 Å². The van der Waals surface area contributed by atoms with Crippen molar-refractivity contribution in [3.05, 3.63) is 11.3 Å². The Morgan fingerprint density at radius 1 is 1.42 bits per heavy atom. The lowest BCUT2D eigenvalue weighted by molar-refractivity contribution is -0.117. The summed E-state index contributed by atoms with van der Waals surface area (Å²) in [5.74, 6) is -1.03. The molecule has 1 aromatic heterocycles. The summed E-state index contributed by atoms with van der Waals surface area (Å²) in [6.07, 6.45) is 0.361. The summed E-state index contributed by atoms with van der Waals surface area (Å²) in [6, 6.07) is 0. The van der Waals surface area contributed by atoms with Crippen molar-refractivity contribution in [3.63, 3.8) is 0 Å². The first kappa shape index (κ1) is 15.6. The van der Waals surface area contributed by atoms with Gasteiger partial charge >= 0.3 is 5.97 Å². The molecule has 1 rings (SSSR count). The lowest BCUT2D eigenvalue weighted by Gasteiger charge is -2.26. The quantitative estimate of drug-likeness (QED) is 0.890. The minimum absolute atomic E-state index is 0.0383. The minimum Gasteiger partial charge on any atom is -0.478 e. The highest BCUT2D eigenvalue weighted by Gasteiger charge is 2.24. The van der Waals surface area contributed by atoms with Crippen LogP contribution in [0.2, 0.25) is 0 Å². The molecule has 0 aliphatic carbocycles. The molecule has 0 radical (unpaired) electrons. The Kier molecular flexibility index (Phi) is 4.68. The van der Waals surface area contributed by atoms with E-state index in [9.17, 15) is 9.59 Å². The van der Waals surface area contributed by atoms with Crippen LogP contribution in [0, 0.1) is 18.3 Å². The number of aromatic nitrogens is 1. The smallest absolute Gasteiger partial charge is 0.340 e. The van der Waals surface area contributed by atoms with Crippen LogP contribution in [0.1, 0.15) is 50.2 Å². The SMILES string of the molecule is Cc1nsc(NC(=O)CC(C)C(C)(C)C)c1C(=O)O. The molecule has 0 aliphatic heterocycles. The fraction of sp³-hybridized carbons (Fsp3) is 0.615. The van der Waals surface area contributed by atoms with Crippen LogP contribution >= 0.6 is 11.5 Å². The number of amides is 1. The number of hydrogen-bond acceptors (Lipinski definition) is 4. The monoisotopic (exact) mass is 284 g/mol. The third-order valence-corrected chi connectivity index (χ3v) is 4.15. The van der Waals surface area contributed by atoms with Gasteiger partial charge in [0.05, 0.1) is 5.69 Å². The maximum absolute atomic E-state index is 11.9. The molecular formula is C13H20N2O3S. The van der Waals surface area contributed by atoms with Crippen LogP contribution in [0.15, 0.2) is 0 Å². The van der Waals surface area contributed by atoms with E-state index in [0.29, 0.717) is 17.1 Å². The number of rotatable bonds is 4. The number of hydrogen-bond donors (Lipinski definition) is 2. The fourth-order valence-electron chi connectivity index (χ4n) is 1.47. The first-order valence-corrected chi connectivity index (χ1v) is 6.89. The number of nitrogens with one attached hydrogen (secondary N) is 1. The molecule has 0 aliphatic rings. The number of aromatic carboxylic acids is 1. The number of aryl methyl sites for hydroxylation is 1. The first-order valence-electron chi connectivity index (χ1n) is 6.12. The fourth-order valence-corrected chi connectivity index (χ4v) is 2.27. The summed E-state index contributed by atoms with van der Waals surface area (Å²) < 4.78 is 3.96. The highest BCUT2D eigenvalue weighted by molar-refractivity contribution is 7.11. The molecule has 106 valence electrons. The van der Waals surface area contributed by atoms with Crippen molar-refractivity contribution in [1.29, 1.82) is 0 Å². The summed E-state index contributed by atoms with van der Waals surface area (Å²) in [6.45, 7) is 9.85. The van der Waals surface area contributed by atoms with Gasteiger partial charge in [-0.05, 0) is 29.8 Å². The molecule has 1 amide bonds. The van der Waals surface area contributed by atoms with Gasteiger partial charge in [0.25, 0.3) is 0 Å². The maximum atomic E-state index is 11.9. The van der Waals surface area contributed by atoms with E-state index in [1.807, 2.05) is 6.92 Å². The van der Waals surface area contributed by atoms with Gasteiger partial charge in [-0.1, -0.05) is 27.7 Å². The zero-order valence-corrected chi connectivity index (χ0v) is 12.7. The molecule has 1 heterocycles. The Labute approximate surface area is 117 Å². The van der Waals surface area contributed by atoms with Crippen molar-refractivity contribution in [1.82, 2.24) is 4.37 Å². The van der Waals surface area contributed by atoms with Crippen molar-refractivity contribution in [2.24, 2.45) is 11.3 Å². The Morgan fingerprint density at radius 2 is 2.00 bits per heavy atom. The number of nitrogens with zero attached hydrogens (tertiary/aromatic N) is 1. The number of anilines is 1. The van der Waals surface area contributed by atoms with Gasteiger partial charge in [-0.3, -0.25) is 4.79 Å². The van der Waals surface area contributed by atoms with Crippen molar-refractivity contribution in [2.75, 3.05) is 5.32 Å². The number of carboxylic acids is 1. The van der Waals surface area contributed by atoms with Crippen LogP contribution in [0.25, 0.3) is 0 Å². The van der Waals surface area contributed by atoms with E-state index >= 15 is 0 Å². The van der Waals surface area contributed by atoms with Crippen LogP contribution in [-0.2, 0) is 4.79 Å². The molecule has 5 nitrogen and oxygen atoms in total. The normalized spacial score (nSPS) is 13.1. The van der Waals surface area contributed by atoms with Gasteiger partial charge in [-0.25, -0.2) is 4.79 Å². The average molecular weight is 284 g/mol. The van der Waals surface area contributed by atoms with Gasteiger partial charge in [0, 0.05) is 6.42 Å². The van der Waals surface area contributed by atoms with Gasteiger partial charge in [-0.2, -0.15) is 4.37 Å². The second kappa shape index (κ2) is 5.69. The summed E-state index contributed by atoms with van der Waals surface area (Å²) in [5, 5.41) is 12.0. The predicted molar refractivity (Wildman–Crippen MR) is 75.7 cm³/mol. The topological polar surface area (TPSA) is 79.3 Å². The lowest BCUT2D eigenvalue weighted by Crippen LogP contribution is -2.24. The second-order valence-corrected chi connectivity index (χ2v) is 6.57. The van der Waals surface area contributed by atoms with Crippen LogP contribution in [0.3, 0.4) is 0 Å². The molecule has 2 N–H and O–H groups in total. The second-order valence-electron chi connectivity index (χ2n) is 5.80. The molecule has 1 unspecified atom stereocenters. The maximum Gasteiger partial charge on any atom is 0.340 e. The molecular weight excluding hydrogens is 264 g/mol. The number of carbonyl (C=O) groups is 2. The number of carbonyl (C=O) groups excluding carboxylic acids is 1. The predicted octanol–water partition coefficient (Wildman–Crippen LogP) is 3.16. The Balaban J connectivity index is 2.76.